The highest BCUT2D eigenvalue weighted by Crippen LogP contribution is 2.45. The first-order chi connectivity index (χ1) is 13.7. The van der Waals surface area contributed by atoms with Gasteiger partial charge in [-0.3, -0.25) is 4.79 Å². The fourth-order valence-corrected chi connectivity index (χ4v) is 6.55. The minimum atomic E-state index is -0.331. The van der Waals surface area contributed by atoms with Crippen LogP contribution in [0.5, 0.6) is 0 Å². The fourth-order valence-electron chi connectivity index (χ4n) is 6.55. The zero-order valence-corrected chi connectivity index (χ0v) is 16.6. The lowest BCUT2D eigenvalue weighted by atomic mass is 9.69. The molecule has 1 aromatic rings. The van der Waals surface area contributed by atoms with Gasteiger partial charge in [-0.1, -0.05) is 32.1 Å². The molecule has 0 unspecified atom stereocenters. The Morgan fingerprint density at radius 1 is 1.07 bits per heavy atom. The van der Waals surface area contributed by atoms with E-state index < -0.39 is 0 Å². The highest BCUT2D eigenvalue weighted by Gasteiger charge is 2.50. The smallest absolute Gasteiger partial charge is 0.223 e. The summed E-state index contributed by atoms with van der Waals surface area (Å²) in [6, 6.07) is 0.656. The molecule has 152 valence electrons. The van der Waals surface area contributed by atoms with Gasteiger partial charge < -0.3 is 9.80 Å². The molecule has 1 amide bonds. The summed E-state index contributed by atoms with van der Waals surface area (Å²) in [6.07, 6.45) is 14.5. The standard InChI is InChI=1S/C22H31FN4O/c23-18-11-24-14-25-22(18)26-12-16-10-17(13-26)20(9-15-5-2-1-3-6-15)27-19(16)7-4-8-21(27)28/h11,14-17,19-20H,1-10,12-13H2/t16-,17+,19+,20+/m1/s1. The Hall–Kier alpha value is -1.72. The van der Waals surface area contributed by atoms with E-state index in [9.17, 15) is 9.18 Å². The summed E-state index contributed by atoms with van der Waals surface area (Å²) < 4.78 is 14.4. The van der Waals surface area contributed by atoms with E-state index in [1.165, 1.54) is 51.0 Å². The summed E-state index contributed by atoms with van der Waals surface area (Å²) in [5.41, 5.74) is 0. The van der Waals surface area contributed by atoms with Crippen LogP contribution in [0.3, 0.4) is 0 Å². The molecule has 3 aliphatic heterocycles. The molecule has 1 saturated carbocycles. The first-order valence-electron chi connectivity index (χ1n) is 11.2. The molecule has 4 aliphatic rings. The zero-order valence-electron chi connectivity index (χ0n) is 16.6. The second kappa shape index (κ2) is 7.60. The summed E-state index contributed by atoms with van der Waals surface area (Å²) in [5, 5.41) is 0. The van der Waals surface area contributed by atoms with Gasteiger partial charge in [0.15, 0.2) is 11.6 Å². The molecule has 5 nitrogen and oxygen atoms in total. The minimum absolute atomic E-state index is 0.324. The average Bonchev–Trinajstić information content (AvgIpc) is 2.72. The monoisotopic (exact) mass is 386 g/mol. The summed E-state index contributed by atoms with van der Waals surface area (Å²) >= 11 is 0. The van der Waals surface area contributed by atoms with Gasteiger partial charge in [-0.25, -0.2) is 14.4 Å². The van der Waals surface area contributed by atoms with E-state index in [2.05, 4.69) is 19.8 Å². The van der Waals surface area contributed by atoms with Gasteiger partial charge in [0.2, 0.25) is 5.91 Å². The molecule has 28 heavy (non-hydrogen) atoms. The molecule has 4 atom stereocenters. The lowest BCUT2D eigenvalue weighted by molar-refractivity contribution is -0.149. The number of fused-ring (bicyclic) bond motifs is 4. The molecule has 0 spiro atoms. The van der Waals surface area contributed by atoms with Crippen LogP contribution < -0.4 is 4.90 Å². The highest BCUT2D eigenvalue weighted by molar-refractivity contribution is 5.78. The third-order valence-corrected chi connectivity index (χ3v) is 7.74. The van der Waals surface area contributed by atoms with Gasteiger partial charge in [-0.15, -0.1) is 0 Å². The fraction of sp³-hybridized carbons (Fsp3) is 0.773. The van der Waals surface area contributed by atoms with Gasteiger partial charge in [-0.05, 0) is 43.4 Å². The zero-order chi connectivity index (χ0) is 19.1. The predicted molar refractivity (Wildman–Crippen MR) is 105 cm³/mol. The average molecular weight is 387 g/mol. The van der Waals surface area contributed by atoms with Crippen molar-refractivity contribution in [2.45, 2.75) is 76.3 Å². The molecule has 0 aromatic carbocycles. The number of hydrogen-bond acceptors (Lipinski definition) is 4. The van der Waals surface area contributed by atoms with E-state index in [4.69, 9.17) is 0 Å². The number of hydrogen-bond donors (Lipinski definition) is 0. The maximum Gasteiger partial charge on any atom is 0.223 e. The van der Waals surface area contributed by atoms with Crippen LogP contribution in [0.2, 0.25) is 0 Å². The quantitative estimate of drug-likeness (QED) is 0.793. The van der Waals surface area contributed by atoms with Crippen molar-refractivity contribution < 1.29 is 9.18 Å². The van der Waals surface area contributed by atoms with Crippen LogP contribution in [0.15, 0.2) is 12.5 Å². The van der Waals surface area contributed by atoms with Crippen LogP contribution in [-0.4, -0.2) is 45.9 Å². The van der Waals surface area contributed by atoms with E-state index in [0.29, 0.717) is 42.1 Å². The van der Waals surface area contributed by atoms with Gasteiger partial charge in [0.05, 0.1) is 6.20 Å². The SMILES string of the molecule is O=C1CCC[C@H]2[C@@H]3C[C@@H](CN(c4ncncc4F)C3)[C@H](CC3CCCCC3)N12. The number of halogens is 1. The number of aromatic nitrogens is 2. The predicted octanol–water partition coefficient (Wildman–Crippen LogP) is 3.79. The second-order valence-corrected chi connectivity index (χ2v) is 9.42. The Kier molecular flexibility index (Phi) is 4.97. The summed E-state index contributed by atoms with van der Waals surface area (Å²) in [5.74, 6) is 2.08. The topological polar surface area (TPSA) is 49.3 Å². The number of piperidine rings is 3. The number of amides is 1. The lowest BCUT2D eigenvalue weighted by Crippen LogP contribution is -2.65. The van der Waals surface area contributed by atoms with Crippen LogP contribution in [0.1, 0.15) is 64.2 Å². The maximum absolute atomic E-state index is 14.4. The molecule has 5 rings (SSSR count). The summed E-state index contributed by atoms with van der Waals surface area (Å²) in [4.78, 5) is 25.5. The van der Waals surface area contributed by atoms with Gasteiger partial charge in [0.25, 0.3) is 0 Å². The maximum atomic E-state index is 14.4. The van der Waals surface area contributed by atoms with Crippen LogP contribution in [0.25, 0.3) is 0 Å². The van der Waals surface area contributed by atoms with Crippen molar-refractivity contribution in [1.29, 1.82) is 0 Å². The molecule has 6 heteroatoms. The Bertz CT molecular complexity index is 722. The van der Waals surface area contributed by atoms with Crippen molar-refractivity contribution >= 4 is 11.7 Å². The van der Waals surface area contributed by atoms with Gasteiger partial charge in [-0.2, -0.15) is 0 Å². The van der Waals surface area contributed by atoms with Gasteiger partial charge in [0, 0.05) is 31.6 Å². The van der Waals surface area contributed by atoms with Crippen LogP contribution >= 0.6 is 0 Å². The van der Waals surface area contributed by atoms with E-state index in [-0.39, 0.29) is 5.82 Å². The van der Waals surface area contributed by atoms with Crippen molar-refractivity contribution in [3.63, 3.8) is 0 Å². The number of carbonyl (C=O) groups excluding carboxylic acids is 1. The summed E-state index contributed by atoms with van der Waals surface area (Å²) in [7, 11) is 0. The normalized spacial score (nSPS) is 33.7. The van der Waals surface area contributed by atoms with Crippen molar-refractivity contribution in [3.8, 4) is 0 Å². The number of anilines is 1. The van der Waals surface area contributed by atoms with Crippen LogP contribution in [-0.2, 0) is 4.79 Å². The van der Waals surface area contributed by atoms with E-state index in [1.807, 2.05) is 0 Å². The second-order valence-electron chi connectivity index (χ2n) is 9.42. The third-order valence-electron chi connectivity index (χ3n) is 7.74. The highest BCUT2D eigenvalue weighted by atomic mass is 19.1. The van der Waals surface area contributed by atoms with Crippen molar-refractivity contribution in [2.24, 2.45) is 17.8 Å². The molecule has 2 bridgehead atoms. The first-order valence-corrected chi connectivity index (χ1v) is 11.2. The summed E-state index contributed by atoms with van der Waals surface area (Å²) in [6.45, 7) is 1.60. The molecule has 1 aromatic heterocycles. The van der Waals surface area contributed by atoms with Crippen molar-refractivity contribution in [1.82, 2.24) is 14.9 Å². The molecular formula is C22H31FN4O. The Balaban J connectivity index is 1.43. The molecule has 0 radical (unpaired) electrons. The molecular weight excluding hydrogens is 355 g/mol. The van der Waals surface area contributed by atoms with Crippen LogP contribution in [0.4, 0.5) is 10.2 Å². The van der Waals surface area contributed by atoms with Gasteiger partial charge in [0.1, 0.15) is 6.33 Å². The molecule has 4 heterocycles. The Morgan fingerprint density at radius 2 is 1.89 bits per heavy atom. The van der Waals surface area contributed by atoms with E-state index in [0.717, 1.165) is 38.3 Å². The van der Waals surface area contributed by atoms with E-state index >= 15 is 0 Å². The Labute approximate surface area is 166 Å². The van der Waals surface area contributed by atoms with Crippen molar-refractivity contribution in [3.05, 3.63) is 18.3 Å². The lowest BCUT2D eigenvalue weighted by Gasteiger charge is -2.57. The number of carbonyl (C=O) groups is 1. The molecule has 3 saturated heterocycles. The molecule has 0 N–H and O–H groups in total. The first kappa shape index (κ1) is 18.3. The molecule has 1 aliphatic carbocycles. The molecule has 4 fully saturated rings. The minimum Gasteiger partial charge on any atom is -0.353 e. The number of nitrogens with zero attached hydrogens (tertiary/aromatic N) is 4. The van der Waals surface area contributed by atoms with Gasteiger partial charge >= 0.3 is 0 Å². The third kappa shape index (κ3) is 3.29. The van der Waals surface area contributed by atoms with E-state index in [1.54, 1.807) is 0 Å². The largest absolute Gasteiger partial charge is 0.353 e. The number of rotatable bonds is 3. The van der Waals surface area contributed by atoms with Crippen LogP contribution in [0, 0.1) is 23.6 Å². The van der Waals surface area contributed by atoms with Crippen molar-refractivity contribution in [2.75, 3.05) is 18.0 Å². The Morgan fingerprint density at radius 3 is 2.71 bits per heavy atom.